The molecule has 1 atom stereocenters. The Morgan fingerprint density at radius 1 is 1.21 bits per heavy atom. The first-order valence-corrected chi connectivity index (χ1v) is 10.2. The van der Waals surface area contributed by atoms with Crippen LogP contribution >= 0.6 is 0 Å². The third kappa shape index (κ3) is 3.55. The fourth-order valence-electron chi connectivity index (χ4n) is 4.03. The molecule has 1 aromatic carbocycles. The molecule has 10 heteroatoms. The highest BCUT2D eigenvalue weighted by Gasteiger charge is 2.29. The van der Waals surface area contributed by atoms with Crippen LogP contribution in [0.25, 0.3) is 16.6 Å². The lowest BCUT2D eigenvalue weighted by molar-refractivity contribution is -0.140. The van der Waals surface area contributed by atoms with Gasteiger partial charge < -0.3 is 24.3 Å². The number of aromatic nitrogens is 3. The molecule has 0 spiro atoms. The number of pyridine rings is 2. The number of esters is 1. The Balaban J connectivity index is 1.74. The van der Waals surface area contributed by atoms with Gasteiger partial charge in [0, 0.05) is 29.1 Å². The molecule has 10 nitrogen and oxygen atoms in total. The largest absolute Gasteiger partial charge is 0.493 e. The number of fused-ring (bicyclic) bond motifs is 3. The predicted molar refractivity (Wildman–Crippen MR) is 117 cm³/mol. The Hall–Kier alpha value is -4.34. The molecule has 4 aromatic rings. The summed E-state index contributed by atoms with van der Waals surface area (Å²) >= 11 is 0. The van der Waals surface area contributed by atoms with Crippen LogP contribution in [0.5, 0.6) is 17.4 Å². The van der Waals surface area contributed by atoms with Gasteiger partial charge in [0.05, 0.1) is 24.6 Å². The lowest BCUT2D eigenvalue weighted by atomic mass is 9.89. The second-order valence-corrected chi connectivity index (χ2v) is 7.55. The van der Waals surface area contributed by atoms with Gasteiger partial charge in [-0.3, -0.25) is 18.8 Å². The quantitative estimate of drug-likeness (QED) is 0.450. The number of aromatic amines is 1. The Labute approximate surface area is 186 Å². The van der Waals surface area contributed by atoms with E-state index >= 15 is 0 Å². The predicted octanol–water partition coefficient (Wildman–Crippen LogP) is 1.71. The van der Waals surface area contributed by atoms with Crippen LogP contribution in [0.4, 0.5) is 0 Å². The number of hydrogen-bond donors (Lipinski definition) is 2. The molecular weight excluding hydrogens is 430 g/mol. The molecular formula is C23H19N3O7. The van der Waals surface area contributed by atoms with Crippen molar-refractivity contribution in [3.05, 3.63) is 74.4 Å². The van der Waals surface area contributed by atoms with Gasteiger partial charge in [0.25, 0.3) is 11.1 Å². The van der Waals surface area contributed by atoms with Crippen LogP contribution in [0, 0.1) is 0 Å². The molecule has 5 rings (SSSR count). The molecule has 4 heterocycles. The molecule has 1 aliphatic rings. The summed E-state index contributed by atoms with van der Waals surface area (Å²) in [6.45, 7) is 0.799. The van der Waals surface area contributed by atoms with Gasteiger partial charge >= 0.3 is 5.97 Å². The number of carbonyl (C=O) groups excluding carboxylic acids is 1. The van der Waals surface area contributed by atoms with E-state index in [-0.39, 0.29) is 23.2 Å². The van der Waals surface area contributed by atoms with Crippen molar-refractivity contribution in [3.8, 4) is 17.4 Å². The highest BCUT2D eigenvalue weighted by Crippen LogP contribution is 2.36. The van der Waals surface area contributed by atoms with E-state index < -0.39 is 28.9 Å². The van der Waals surface area contributed by atoms with Crippen LogP contribution in [0.2, 0.25) is 0 Å². The highest BCUT2D eigenvalue weighted by atomic mass is 16.6. The van der Waals surface area contributed by atoms with Crippen molar-refractivity contribution in [2.75, 3.05) is 20.3 Å². The smallest absolute Gasteiger partial charge is 0.306 e. The summed E-state index contributed by atoms with van der Waals surface area (Å²) in [7, 11) is 1.21. The lowest BCUT2D eigenvalue weighted by Crippen LogP contribution is -2.27. The fourth-order valence-corrected chi connectivity index (χ4v) is 4.03. The number of aromatic hydroxyl groups is 1. The minimum absolute atomic E-state index is 0.106. The average molecular weight is 449 g/mol. The minimum atomic E-state index is -1.10. The first kappa shape index (κ1) is 20.6. The van der Waals surface area contributed by atoms with Crippen molar-refractivity contribution < 1.29 is 24.1 Å². The van der Waals surface area contributed by atoms with Crippen molar-refractivity contribution in [3.63, 3.8) is 0 Å². The number of ether oxygens (including phenoxy) is 3. The van der Waals surface area contributed by atoms with Crippen LogP contribution in [0.15, 0.2) is 52.2 Å². The maximum absolute atomic E-state index is 13.3. The summed E-state index contributed by atoms with van der Waals surface area (Å²) in [4.78, 5) is 45.4. The molecule has 2 N–H and O–H groups in total. The van der Waals surface area contributed by atoms with Crippen LogP contribution < -0.4 is 20.6 Å². The van der Waals surface area contributed by atoms with Gasteiger partial charge in [0.2, 0.25) is 5.88 Å². The molecule has 33 heavy (non-hydrogen) atoms. The molecule has 0 amide bonds. The SMILES string of the molecule is COC(=O)C[C@@H](c1cc2cc3c(cc2[nH]c1=O)OCCO3)c1c(O)nc2ccccn2c1=O. The van der Waals surface area contributed by atoms with Crippen LogP contribution in [-0.4, -0.2) is 45.8 Å². The second kappa shape index (κ2) is 7.97. The van der Waals surface area contributed by atoms with Crippen molar-refractivity contribution in [1.29, 1.82) is 0 Å². The van der Waals surface area contributed by atoms with Gasteiger partial charge in [0.15, 0.2) is 11.5 Å². The lowest BCUT2D eigenvalue weighted by Gasteiger charge is -2.20. The Kier molecular flexibility index (Phi) is 4.97. The number of nitrogens with one attached hydrogen (secondary N) is 1. The van der Waals surface area contributed by atoms with E-state index in [0.717, 1.165) is 0 Å². The molecule has 168 valence electrons. The molecule has 0 aliphatic carbocycles. The van der Waals surface area contributed by atoms with Gasteiger partial charge in [0.1, 0.15) is 18.9 Å². The summed E-state index contributed by atoms with van der Waals surface area (Å²) < 4.78 is 17.2. The molecule has 0 saturated carbocycles. The van der Waals surface area contributed by atoms with Crippen molar-refractivity contribution >= 4 is 22.5 Å². The number of H-pyrrole nitrogens is 1. The van der Waals surface area contributed by atoms with Crippen LogP contribution in [0.1, 0.15) is 23.5 Å². The average Bonchev–Trinajstić information content (AvgIpc) is 2.81. The first-order chi connectivity index (χ1) is 16.0. The topological polar surface area (TPSA) is 132 Å². The monoisotopic (exact) mass is 449 g/mol. The zero-order valence-corrected chi connectivity index (χ0v) is 17.5. The maximum Gasteiger partial charge on any atom is 0.306 e. The van der Waals surface area contributed by atoms with Gasteiger partial charge in [-0.2, -0.15) is 4.98 Å². The number of hydrogen-bond acceptors (Lipinski definition) is 8. The summed E-state index contributed by atoms with van der Waals surface area (Å²) in [5.41, 5.74) is -0.445. The molecule has 0 fully saturated rings. The second-order valence-electron chi connectivity index (χ2n) is 7.55. The summed E-state index contributed by atoms with van der Waals surface area (Å²) in [6.07, 6.45) is 1.15. The van der Waals surface area contributed by atoms with E-state index in [1.54, 1.807) is 36.4 Å². The third-order valence-electron chi connectivity index (χ3n) is 5.61. The van der Waals surface area contributed by atoms with E-state index in [4.69, 9.17) is 14.2 Å². The maximum atomic E-state index is 13.3. The standard InChI is InChI=1S/C23H19N3O7/c1-31-19(27)10-13(20-22(29)25-18-4-2-3-5-26(18)23(20)30)14-8-12-9-16-17(33-7-6-32-16)11-15(12)24-21(14)28/h2-5,8-9,11,13,29H,6-7,10H2,1H3,(H,24,28)/t13-/m0/s1. The molecule has 0 unspecified atom stereocenters. The van der Waals surface area contributed by atoms with Gasteiger partial charge in [-0.15, -0.1) is 0 Å². The molecule has 3 aromatic heterocycles. The van der Waals surface area contributed by atoms with Crippen LogP contribution in [0.3, 0.4) is 0 Å². The molecule has 1 aliphatic heterocycles. The summed E-state index contributed by atoms with van der Waals surface area (Å²) in [5, 5.41) is 11.3. The van der Waals surface area contributed by atoms with Crippen molar-refractivity contribution in [2.24, 2.45) is 0 Å². The van der Waals surface area contributed by atoms with E-state index in [9.17, 15) is 19.5 Å². The third-order valence-corrected chi connectivity index (χ3v) is 5.61. The Bertz CT molecular complexity index is 1520. The van der Waals surface area contributed by atoms with E-state index in [2.05, 4.69) is 9.97 Å². The highest BCUT2D eigenvalue weighted by molar-refractivity contribution is 5.83. The fraction of sp³-hybridized carbons (Fsp3) is 0.217. The zero-order chi connectivity index (χ0) is 23.1. The summed E-state index contributed by atoms with van der Waals surface area (Å²) in [5.74, 6) is -1.28. The van der Waals surface area contributed by atoms with E-state index in [1.807, 2.05) is 0 Å². The van der Waals surface area contributed by atoms with Crippen LogP contribution in [-0.2, 0) is 9.53 Å². The molecule has 0 saturated heterocycles. The van der Waals surface area contributed by atoms with Gasteiger partial charge in [-0.25, -0.2) is 0 Å². The number of rotatable bonds is 4. The van der Waals surface area contributed by atoms with E-state index in [1.165, 1.54) is 17.7 Å². The molecule has 0 bridgehead atoms. The Morgan fingerprint density at radius 3 is 2.73 bits per heavy atom. The number of carbonyl (C=O) groups is 1. The number of nitrogens with zero attached hydrogens (tertiary/aromatic N) is 2. The normalized spacial score (nSPS) is 13.7. The van der Waals surface area contributed by atoms with Crippen molar-refractivity contribution in [1.82, 2.24) is 14.4 Å². The summed E-state index contributed by atoms with van der Waals surface area (Å²) in [6, 6.07) is 9.82. The first-order valence-electron chi connectivity index (χ1n) is 10.2. The zero-order valence-electron chi connectivity index (χ0n) is 17.5. The molecule has 0 radical (unpaired) electrons. The number of benzene rings is 1. The van der Waals surface area contributed by atoms with Gasteiger partial charge in [-0.1, -0.05) is 6.07 Å². The minimum Gasteiger partial charge on any atom is -0.493 e. The van der Waals surface area contributed by atoms with E-state index in [0.29, 0.717) is 35.6 Å². The van der Waals surface area contributed by atoms with Gasteiger partial charge in [-0.05, 0) is 24.3 Å². The van der Waals surface area contributed by atoms with Crippen molar-refractivity contribution in [2.45, 2.75) is 12.3 Å². The Morgan fingerprint density at radius 2 is 1.97 bits per heavy atom. The number of methoxy groups -OCH3 is 1.